The van der Waals surface area contributed by atoms with Gasteiger partial charge in [-0.05, 0) is 42.8 Å². The first kappa shape index (κ1) is 15.0. The maximum atomic E-state index is 12.3. The molecule has 0 amide bonds. The van der Waals surface area contributed by atoms with Crippen molar-refractivity contribution in [1.29, 1.82) is 0 Å². The summed E-state index contributed by atoms with van der Waals surface area (Å²) in [4.78, 5) is 0.119. The summed E-state index contributed by atoms with van der Waals surface area (Å²) in [7, 11) is -3.75. The lowest BCUT2D eigenvalue weighted by molar-refractivity contribution is 0.600. The molecule has 106 valence electrons. The average molecular weight is 331 g/mol. The quantitative estimate of drug-likeness (QED) is 0.843. The zero-order chi connectivity index (χ0) is 14.9. The number of sulfonamides is 1. The standard InChI is InChI=1S/C13H12Cl2N2O2S/c1-8-2-3-11(16)7-13(8)20(18,19)17-12-5-9(14)4-10(15)6-12/h2-7,17H,16H2,1H3. The van der Waals surface area contributed by atoms with Gasteiger partial charge in [0.15, 0.2) is 0 Å². The molecule has 0 radical (unpaired) electrons. The van der Waals surface area contributed by atoms with Crippen LogP contribution in [0.3, 0.4) is 0 Å². The highest BCUT2D eigenvalue weighted by Gasteiger charge is 2.17. The number of rotatable bonds is 3. The summed E-state index contributed by atoms with van der Waals surface area (Å²) in [6.45, 7) is 1.69. The average Bonchev–Trinajstić information content (AvgIpc) is 2.30. The van der Waals surface area contributed by atoms with E-state index in [1.54, 1.807) is 19.1 Å². The molecule has 0 aliphatic heterocycles. The maximum Gasteiger partial charge on any atom is 0.262 e. The number of nitrogen functional groups attached to an aromatic ring is 1. The van der Waals surface area contributed by atoms with Crippen LogP contribution in [-0.4, -0.2) is 8.42 Å². The van der Waals surface area contributed by atoms with Crippen LogP contribution in [0.4, 0.5) is 11.4 Å². The summed E-state index contributed by atoms with van der Waals surface area (Å²) in [5.74, 6) is 0. The van der Waals surface area contributed by atoms with Crippen molar-refractivity contribution >= 4 is 44.6 Å². The summed E-state index contributed by atoms with van der Waals surface area (Å²) in [5, 5.41) is 0.694. The van der Waals surface area contributed by atoms with Crippen molar-refractivity contribution in [3.05, 3.63) is 52.0 Å². The maximum absolute atomic E-state index is 12.3. The van der Waals surface area contributed by atoms with Gasteiger partial charge in [-0.1, -0.05) is 29.3 Å². The Hall–Kier alpha value is -1.43. The number of halogens is 2. The van der Waals surface area contributed by atoms with E-state index >= 15 is 0 Å². The van der Waals surface area contributed by atoms with E-state index in [2.05, 4.69) is 4.72 Å². The molecule has 0 aliphatic rings. The SMILES string of the molecule is Cc1ccc(N)cc1S(=O)(=O)Nc1cc(Cl)cc(Cl)c1. The third-order valence-electron chi connectivity index (χ3n) is 2.62. The molecule has 2 rings (SSSR count). The van der Waals surface area contributed by atoms with Crippen LogP contribution in [0.5, 0.6) is 0 Å². The lowest BCUT2D eigenvalue weighted by atomic mass is 10.2. The Morgan fingerprint density at radius 2 is 1.65 bits per heavy atom. The molecule has 4 nitrogen and oxygen atoms in total. The summed E-state index contributed by atoms with van der Waals surface area (Å²) < 4.78 is 27.1. The minimum Gasteiger partial charge on any atom is -0.399 e. The second kappa shape index (κ2) is 5.52. The normalized spacial score (nSPS) is 11.3. The van der Waals surface area contributed by atoms with Gasteiger partial charge < -0.3 is 5.73 Å². The first-order chi connectivity index (χ1) is 9.28. The van der Waals surface area contributed by atoms with E-state index in [9.17, 15) is 8.42 Å². The molecule has 0 aromatic heterocycles. The van der Waals surface area contributed by atoms with Crippen molar-refractivity contribution in [1.82, 2.24) is 0 Å². The second-order valence-electron chi connectivity index (χ2n) is 4.29. The lowest BCUT2D eigenvalue weighted by Gasteiger charge is -2.11. The van der Waals surface area contributed by atoms with Gasteiger partial charge in [0, 0.05) is 15.7 Å². The molecule has 0 bridgehead atoms. The van der Waals surface area contributed by atoms with Crippen LogP contribution < -0.4 is 10.5 Å². The van der Waals surface area contributed by atoms with Crippen LogP contribution in [0.15, 0.2) is 41.3 Å². The predicted octanol–water partition coefficient (Wildman–Crippen LogP) is 3.68. The molecule has 7 heteroatoms. The fourth-order valence-corrected chi connectivity index (χ4v) is 3.58. The smallest absolute Gasteiger partial charge is 0.262 e. The Kier molecular flexibility index (Phi) is 4.13. The highest BCUT2D eigenvalue weighted by Crippen LogP contribution is 2.26. The highest BCUT2D eigenvalue weighted by atomic mass is 35.5. The van der Waals surface area contributed by atoms with Gasteiger partial charge in [0.1, 0.15) is 0 Å². The number of hydrogen-bond acceptors (Lipinski definition) is 3. The fraction of sp³-hybridized carbons (Fsp3) is 0.0769. The van der Waals surface area contributed by atoms with Gasteiger partial charge in [0.2, 0.25) is 0 Å². The van der Waals surface area contributed by atoms with Gasteiger partial charge in [-0.15, -0.1) is 0 Å². The number of aryl methyl sites for hydroxylation is 1. The number of nitrogens with two attached hydrogens (primary N) is 1. The second-order valence-corrected chi connectivity index (χ2v) is 6.81. The first-order valence-electron chi connectivity index (χ1n) is 5.63. The fourth-order valence-electron chi connectivity index (χ4n) is 1.73. The van der Waals surface area contributed by atoms with Crippen molar-refractivity contribution in [3.8, 4) is 0 Å². The Labute approximate surface area is 127 Å². The summed E-state index contributed by atoms with van der Waals surface area (Å²) in [6.07, 6.45) is 0. The van der Waals surface area contributed by atoms with Crippen LogP contribution >= 0.6 is 23.2 Å². The van der Waals surface area contributed by atoms with Crippen LogP contribution in [0.1, 0.15) is 5.56 Å². The van der Waals surface area contributed by atoms with Crippen molar-refractivity contribution in [3.63, 3.8) is 0 Å². The van der Waals surface area contributed by atoms with E-state index in [4.69, 9.17) is 28.9 Å². The van der Waals surface area contributed by atoms with Crippen molar-refractivity contribution in [2.24, 2.45) is 0 Å². The van der Waals surface area contributed by atoms with Crippen molar-refractivity contribution in [2.75, 3.05) is 10.5 Å². The van der Waals surface area contributed by atoms with Gasteiger partial charge in [-0.2, -0.15) is 0 Å². The van der Waals surface area contributed by atoms with Gasteiger partial charge >= 0.3 is 0 Å². The Morgan fingerprint density at radius 3 is 2.25 bits per heavy atom. The highest BCUT2D eigenvalue weighted by molar-refractivity contribution is 7.92. The molecule has 0 spiro atoms. The largest absolute Gasteiger partial charge is 0.399 e. The number of hydrogen-bond donors (Lipinski definition) is 2. The molecule has 0 saturated heterocycles. The molecule has 0 heterocycles. The van der Waals surface area contributed by atoms with Crippen LogP contribution in [-0.2, 0) is 10.0 Å². The molecule has 0 atom stereocenters. The topological polar surface area (TPSA) is 72.2 Å². The van der Waals surface area contributed by atoms with E-state index in [1.807, 2.05) is 0 Å². The van der Waals surface area contributed by atoms with Crippen LogP contribution in [0.25, 0.3) is 0 Å². The Balaban J connectivity index is 2.43. The summed E-state index contributed by atoms with van der Waals surface area (Å²) in [6, 6.07) is 9.18. The molecule has 2 aromatic carbocycles. The third kappa shape index (κ3) is 3.36. The molecule has 0 aliphatic carbocycles. The van der Waals surface area contributed by atoms with Gasteiger partial charge in [0.05, 0.1) is 10.6 Å². The number of anilines is 2. The van der Waals surface area contributed by atoms with Crippen LogP contribution in [0, 0.1) is 6.92 Å². The minimum atomic E-state index is -3.75. The van der Waals surface area contributed by atoms with E-state index in [0.717, 1.165) is 0 Å². The van der Waals surface area contributed by atoms with E-state index < -0.39 is 10.0 Å². The van der Waals surface area contributed by atoms with Gasteiger partial charge in [-0.25, -0.2) is 8.42 Å². The number of benzene rings is 2. The lowest BCUT2D eigenvalue weighted by Crippen LogP contribution is -2.14. The van der Waals surface area contributed by atoms with Crippen LogP contribution in [0.2, 0.25) is 10.0 Å². The molecular weight excluding hydrogens is 319 g/mol. The zero-order valence-corrected chi connectivity index (χ0v) is 12.9. The zero-order valence-electron chi connectivity index (χ0n) is 10.5. The molecular formula is C13H12Cl2N2O2S. The van der Waals surface area contributed by atoms with Gasteiger partial charge in [0.25, 0.3) is 10.0 Å². The summed E-state index contributed by atoms with van der Waals surface area (Å²) >= 11 is 11.7. The van der Waals surface area contributed by atoms with Crippen molar-refractivity contribution < 1.29 is 8.42 Å². The Morgan fingerprint density at radius 1 is 1.05 bits per heavy atom. The van der Waals surface area contributed by atoms with E-state index in [-0.39, 0.29) is 4.90 Å². The summed E-state index contributed by atoms with van der Waals surface area (Å²) in [5.41, 5.74) is 6.90. The molecule has 0 fully saturated rings. The predicted molar refractivity (Wildman–Crippen MR) is 82.9 cm³/mol. The van der Waals surface area contributed by atoms with Gasteiger partial charge in [-0.3, -0.25) is 4.72 Å². The van der Waals surface area contributed by atoms with Crippen molar-refractivity contribution in [2.45, 2.75) is 11.8 Å². The molecule has 2 aromatic rings. The number of nitrogens with one attached hydrogen (secondary N) is 1. The third-order valence-corrected chi connectivity index (χ3v) is 4.58. The minimum absolute atomic E-state index is 0.119. The molecule has 0 saturated carbocycles. The first-order valence-corrected chi connectivity index (χ1v) is 7.87. The molecule has 20 heavy (non-hydrogen) atoms. The monoisotopic (exact) mass is 330 g/mol. The Bertz CT molecular complexity index is 741. The van der Waals surface area contributed by atoms with E-state index in [1.165, 1.54) is 24.3 Å². The molecule has 3 N–H and O–H groups in total. The van der Waals surface area contributed by atoms with E-state index in [0.29, 0.717) is 27.0 Å². The molecule has 0 unspecified atom stereocenters.